The lowest BCUT2D eigenvalue weighted by molar-refractivity contribution is 0.381. The zero-order valence-corrected chi connectivity index (χ0v) is 10.5. The third kappa shape index (κ3) is 3.45. The van der Waals surface area contributed by atoms with Crippen LogP contribution in [0.4, 0.5) is 0 Å². The molecule has 15 heavy (non-hydrogen) atoms. The predicted octanol–water partition coefficient (Wildman–Crippen LogP) is 3.13. The van der Waals surface area contributed by atoms with E-state index in [9.17, 15) is 0 Å². The second-order valence-electron chi connectivity index (χ2n) is 5.41. The van der Waals surface area contributed by atoms with E-state index >= 15 is 0 Å². The highest BCUT2D eigenvalue weighted by molar-refractivity contribution is 5.88. The smallest absolute Gasteiger partial charge is 0.0228 e. The van der Waals surface area contributed by atoms with E-state index < -0.39 is 0 Å². The first-order valence-corrected chi connectivity index (χ1v) is 5.93. The molecule has 2 N–H and O–H groups in total. The zero-order valence-electron chi connectivity index (χ0n) is 10.5. The van der Waals surface area contributed by atoms with Crippen molar-refractivity contribution < 1.29 is 0 Å². The first-order chi connectivity index (χ1) is 6.96. The van der Waals surface area contributed by atoms with Gasteiger partial charge in [-0.2, -0.15) is 0 Å². The highest BCUT2D eigenvalue weighted by Crippen LogP contribution is 2.30. The first-order valence-electron chi connectivity index (χ1n) is 5.93. The molecule has 0 saturated carbocycles. The molecule has 1 heterocycles. The van der Waals surface area contributed by atoms with E-state index in [0.717, 1.165) is 19.3 Å². The topological polar surface area (TPSA) is 38.4 Å². The van der Waals surface area contributed by atoms with Crippen molar-refractivity contribution in [2.45, 2.75) is 53.0 Å². The minimum Gasteiger partial charge on any atom is -0.327 e. The van der Waals surface area contributed by atoms with Crippen LogP contribution in [0, 0.1) is 11.3 Å². The van der Waals surface area contributed by atoms with Crippen LogP contribution in [0.3, 0.4) is 0 Å². The quantitative estimate of drug-likeness (QED) is 0.760. The average molecular weight is 208 g/mol. The molecule has 0 aromatic heterocycles. The van der Waals surface area contributed by atoms with Crippen molar-refractivity contribution in [3.05, 3.63) is 12.3 Å². The molecule has 0 radical (unpaired) electrons. The largest absolute Gasteiger partial charge is 0.327 e. The third-order valence-corrected chi connectivity index (χ3v) is 3.32. The summed E-state index contributed by atoms with van der Waals surface area (Å²) >= 11 is 0. The Morgan fingerprint density at radius 3 is 2.80 bits per heavy atom. The number of rotatable bonds is 3. The van der Waals surface area contributed by atoms with Gasteiger partial charge in [0.1, 0.15) is 0 Å². The summed E-state index contributed by atoms with van der Waals surface area (Å²) in [5.41, 5.74) is 7.68. The Kier molecular flexibility index (Phi) is 4.09. The first kappa shape index (κ1) is 12.4. The van der Waals surface area contributed by atoms with Crippen LogP contribution in [-0.2, 0) is 0 Å². The SMILES string of the molecule is CC[C@@H](N)C(C)C1=NC=CCC(C)(C)C1. The van der Waals surface area contributed by atoms with Crippen LogP contribution in [0.2, 0.25) is 0 Å². The molecule has 0 aromatic carbocycles. The van der Waals surface area contributed by atoms with E-state index in [4.69, 9.17) is 5.73 Å². The van der Waals surface area contributed by atoms with E-state index in [-0.39, 0.29) is 6.04 Å². The van der Waals surface area contributed by atoms with Crippen molar-refractivity contribution in [3.8, 4) is 0 Å². The maximum atomic E-state index is 6.08. The Hall–Kier alpha value is -0.630. The molecule has 1 unspecified atom stereocenters. The molecular weight excluding hydrogens is 184 g/mol. The van der Waals surface area contributed by atoms with Crippen LogP contribution < -0.4 is 5.73 Å². The lowest BCUT2D eigenvalue weighted by atomic mass is 9.80. The van der Waals surface area contributed by atoms with Gasteiger partial charge in [0.25, 0.3) is 0 Å². The van der Waals surface area contributed by atoms with E-state index in [1.807, 2.05) is 6.20 Å². The standard InChI is InChI=1S/C13H24N2/c1-5-11(14)10(2)12-9-13(3,4)7-6-8-15-12/h6,8,10-11H,5,7,9,14H2,1-4H3/t10?,11-/m1/s1. The van der Waals surface area contributed by atoms with Gasteiger partial charge < -0.3 is 5.73 Å². The van der Waals surface area contributed by atoms with E-state index in [1.54, 1.807) is 0 Å². The fraction of sp³-hybridized carbons (Fsp3) is 0.769. The summed E-state index contributed by atoms with van der Waals surface area (Å²) in [5.74, 6) is 0.400. The molecule has 0 aliphatic carbocycles. The Bertz CT molecular complexity index is 264. The summed E-state index contributed by atoms with van der Waals surface area (Å²) in [6.45, 7) is 8.92. The minimum absolute atomic E-state index is 0.242. The van der Waals surface area contributed by atoms with Crippen molar-refractivity contribution in [1.29, 1.82) is 0 Å². The van der Waals surface area contributed by atoms with Gasteiger partial charge in [-0.05, 0) is 24.7 Å². The van der Waals surface area contributed by atoms with Gasteiger partial charge in [0.2, 0.25) is 0 Å². The fourth-order valence-corrected chi connectivity index (χ4v) is 2.01. The molecule has 0 amide bonds. The molecule has 1 aliphatic rings. The van der Waals surface area contributed by atoms with Crippen molar-refractivity contribution in [2.75, 3.05) is 0 Å². The van der Waals surface area contributed by atoms with Gasteiger partial charge in [0.05, 0.1) is 0 Å². The zero-order chi connectivity index (χ0) is 11.5. The summed E-state index contributed by atoms with van der Waals surface area (Å²) < 4.78 is 0. The number of nitrogens with two attached hydrogens (primary N) is 1. The highest BCUT2D eigenvalue weighted by Gasteiger charge is 2.25. The van der Waals surface area contributed by atoms with Crippen LogP contribution in [0.5, 0.6) is 0 Å². The van der Waals surface area contributed by atoms with Crippen molar-refractivity contribution in [3.63, 3.8) is 0 Å². The highest BCUT2D eigenvalue weighted by atomic mass is 14.8. The number of nitrogens with zero attached hydrogens (tertiary/aromatic N) is 1. The fourth-order valence-electron chi connectivity index (χ4n) is 2.01. The van der Waals surface area contributed by atoms with E-state index in [1.165, 1.54) is 5.71 Å². The second-order valence-corrected chi connectivity index (χ2v) is 5.41. The molecule has 1 rings (SSSR count). The Balaban J connectivity index is 2.76. The summed E-state index contributed by atoms with van der Waals surface area (Å²) in [7, 11) is 0. The van der Waals surface area contributed by atoms with Crippen LogP contribution in [0.25, 0.3) is 0 Å². The number of allylic oxidation sites excluding steroid dienone is 1. The van der Waals surface area contributed by atoms with Gasteiger partial charge in [-0.25, -0.2) is 0 Å². The Labute approximate surface area is 93.7 Å². The van der Waals surface area contributed by atoms with Gasteiger partial charge in [-0.3, -0.25) is 4.99 Å². The van der Waals surface area contributed by atoms with Gasteiger partial charge in [0, 0.05) is 23.9 Å². The van der Waals surface area contributed by atoms with Crippen molar-refractivity contribution in [2.24, 2.45) is 22.1 Å². The summed E-state index contributed by atoms with van der Waals surface area (Å²) in [4.78, 5) is 4.54. The summed E-state index contributed by atoms with van der Waals surface area (Å²) in [6, 6.07) is 0.242. The molecule has 1 aliphatic heterocycles. The number of hydrogen-bond donors (Lipinski definition) is 1. The molecule has 0 fully saturated rings. The molecule has 0 saturated heterocycles. The molecule has 2 heteroatoms. The van der Waals surface area contributed by atoms with Gasteiger partial charge in [-0.1, -0.05) is 33.8 Å². The maximum absolute atomic E-state index is 6.08. The Morgan fingerprint density at radius 1 is 1.53 bits per heavy atom. The minimum atomic E-state index is 0.242. The van der Waals surface area contributed by atoms with Crippen LogP contribution in [0.1, 0.15) is 47.0 Å². The lowest BCUT2D eigenvalue weighted by Crippen LogP contribution is -2.34. The normalized spacial score (nSPS) is 24.2. The molecule has 0 spiro atoms. The van der Waals surface area contributed by atoms with Crippen LogP contribution >= 0.6 is 0 Å². The van der Waals surface area contributed by atoms with E-state index in [0.29, 0.717) is 11.3 Å². The summed E-state index contributed by atoms with van der Waals surface area (Å²) in [5, 5.41) is 0. The maximum Gasteiger partial charge on any atom is 0.0228 e. The molecule has 0 aromatic rings. The van der Waals surface area contributed by atoms with Crippen LogP contribution in [0.15, 0.2) is 17.3 Å². The van der Waals surface area contributed by atoms with E-state index in [2.05, 4.69) is 38.8 Å². The molecular formula is C13H24N2. The average Bonchev–Trinajstić information content (AvgIpc) is 2.36. The van der Waals surface area contributed by atoms with Gasteiger partial charge in [0.15, 0.2) is 0 Å². The molecule has 0 bridgehead atoms. The Morgan fingerprint density at radius 2 is 2.20 bits per heavy atom. The molecule has 2 atom stereocenters. The third-order valence-electron chi connectivity index (χ3n) is 3.32. The second kappa shape index (κ2) is 4.93. The molecule has 86 valence electrons. The van der Waals surface area contributed by atoms with Crippen LogP contribution in [-0.4, -0.2) is 11.8 Å². The van der Waals surface area contributed by atoms with Crippen molar-refractivity contribution >= 4 is 5.71 Å². The van der Waals surface area contributed by atoms with Crippen molar-refractivity contribution in [1.82, 2.24) is 0 Å². The lowest BCUT2D eigenvalue weighted by Gasteiger charge is -2.27. The van der Waals surface area contributed by atoms with Gasteiger partial charge >= 0.3 is 0 Å². The predicted molar refractivity (Wildman–Crippen MR) is 67.0 cm³/mol. The monoisotopic (exact) mass is 208 g/mol. The summed E-state index contributed by atoms with van der Waals surface area (Å²) in [6.07, 6.45) is 7.30. The number of aliphatic imine (C=N–C) groups is 1. The van der Waals surface area contributed by atoms with Gasteiger partial charge in [-0.15, -0.1) is 0 Å². The number of hydrogen-bond acceptors (Lipinski definition) is 2. The molecule has 2 nitrogen and oxygen atoms in total.